The van der Waals surface area contributed by atoms with Crippen LogP contribution in [-0.4, -0.2) is 54.1 Å². The Bertz CT molecular complexity index is 1340. The van der Waals surface area contributed by atoms with E-state index in [2.05, 4.69) is 64.4 Å². The van der Waals surface area contributed by atoms with Crippen LogP contribution in [0.25, 0.3) is 11.0 Å². The maximum atomic E-state index is 12.4. The molecule has 0 N–H and O–H groups in total. The zero-order chi connectivity index (χ0) is 24.9. The Hall–Kier alpha value is -4.28. The van der Waals surface area contributed by atoms with Crippen LogP contribution in [0.1, 0.15) is 28.8 Å². The molecule has 7 heteroatoms. The highest BCUT2D eigenvalue weighted by Crippen LogP contribution is 2.32. The Morgan fingerprint density at radius 2 is 1.36 bits per heavy atom. The van der Waals surface area contributed by atoms with Gasteiger partial charge in [-0.25, -0.2) is 9.97 Å². The standard InChI is InChI=1S/C29H27N5O2/c1-36-29(35)23(20-30)26-28(32-25-15-9-8-14-24(25)31-26)34-18-16-33(17-19-34)27(21-10-4-2-5-11-21)22-12-6-3-7-13-22/h2-15,23,27H,16-19H2,1H3/t23-/m1/s1. The van der Waals surface area contributed by atoms with Gasteiger partial charge >= 0.3 is 5.97 Å². The summed E-state index contributed by atoms with van der Waals surface area (Å²) in [7, 11) is 1.28. The van der Waals surface area contributed by atoms with E-state index >= 15 is 0 Å². The first-order valence-electron chi connectivity index (χ1n) is 12.0. The van der Waals surface area contributed by atoms with Crippen molar-refractivity contribution in [1.29, 1.82) is 5.26 Å². The SMILES string of the molecule is COC(=O)[C@H](C#N)c1nc2ccccc2nc1N1CCN(C(c2ccccc2)c2ccccc2)CC1. The molecule has 1 aliphatic heterocycles. The van der Waals surface area contributed by atoms with Gasteiger partial charge in [-0.15, -0.1) is 0 Å². The maximum absolute atomic E-state index is 12.4. The van der Waals surface area contributed by atoms with Crippen molar-refractivity contribution in [2.75, 3.05) is 38.2 Å². The highest BCUT2D eigenvalue weighted by Gasteiger charge is 2.32. The van der Waals surface area contributed by atoms with Gasteiger partial charge < -0.3 is 9.64 Å². The number of para-hydroxylation sites is 2. The molecular formula is C29H27N5O2. The first-order chi connectivity index (χ1) is 17.7. The third-order valence-corrected chi connectivity index (χ3v) is 6.63. The molecule has 180 valence electrons. The summed E-state index contributed by atoms with van der Waals surface area (Å²) >= 11 is 0. The molecule has 36 heavy (non-hydrogen) atoms. The van der Waals surface area contributed by atoms with E-state index in [4.69, 9.17) is 14.7 Å². The normalized spacial score (nSPS) is 15.0. The van der Waals surface area contributed by atoms with E-state index in [9.17, 15) is 10.1 Å². The molecule has 0 spiro atoms. The minimum atomic E-state index is -1.14. The Morgan fingerprint density at radius 1 is 0.833 bits per heavy atom. The largest absolute Gasteiger partial charge is 0.468 e. The van der Waals surface area contributed by atoms with Crippen molar-refractivity contribution in [1.82, 2.24) is 14.9 Å². The molecular weight excluding hydrogens is 450 g/mol. The van der Waals surface area contributed by atoms with Crippen molar-refractivity contribution in [2.45, 2.75) is 12.0 Å². The number of fused-ring (bicyclic) bond motifs is 1. The van der Waals surface area contributed by atoms with Crippen molar-refractivity contribution in [2.24, 2.45) is 0 Å². The summed E-state index contributed by atoms with van der Waals surface area (Å²) in [4.78, 5) is 26.6. The van der Waals surface area contributed by atoms with Crippen molar-refractivity contribution in [3.8, 4) is 6.07 Å². The molecule has 1 aliphatic rings. The van der Waals surface area contributed by atoms with Gasteiger partial charge in [0, 0.05) is 26.2 Å². The zero-order valence-corrected chi connectivity index (χ0v) is 20.1. The fraction of sp³-hybridized carbons (Fsp3) is 0.241. The highest BCUT2D eigenvalue weighted by molar-refractivity contribution is 5.85. The molecule has 1 aromatic heterocycles. The van der Waals surface area contributed by atoms with Crippen LogP contribution in [0.5, 0.6) is 0 Å². The summed E-state index contributed by atoms with van der Waals surface area (Å²) in [5, 5.41) is 9.80. The summed E-state index contributed by atoms with van der Waals surface area (Å²) < 4.78 is 4.90. The van der Waals surface area contributed by atoms with Gasteiger partial charge in [0.15, 0.2) is 11.7 Å². The van der Waals surface area contributed by atoms with E-state index in [0.29, 0.717) is 30.1 Å². The molecule has 1 fully saturated rings. The Morgan fingerprint density at radius 3 is 1.89 bits per heavy atom. The molecule has 2 heterocycles. The monoisotopic (exact) mass is 477 g/mol. The quantitative estimate of drug-likeness (QED) is 0.383. The summed E-state index contributed by atoms with van der Waals surface area (Å²) in [5.41, 5.74) is 4.22. The van der Waals surface area contributed by atoms with Crippen molar-refractivity contribution >= 4 is 22.8 Å². The minimum Gasteiger partial charge on any atom is -0.468 e. The lowest BCUT2D eigenvalue weighted by Crippen LogP contribution is -2.48. The van der Waals surface area contributed by atoms with E-state index in [-0.39, 0.29) is 6.04 Å². The molecule has 3 aromatic carbocycles. The number of esters is 1. The number of hydrogen-bond acceptors (Lipinski definition) is 7. The van der Waals surface area contributed by atoms with E-state index in [1.165, 1.54) is 18.2 Å². The number of nitrogens with zero attached hydrogens (tertiary/aromatic N) is 5. The lowest BCUT2D eigenvalue weighted by Gasteiger charge is -2.40. The molecule has 5 rings (SSSR count). The molecule has 0 radical (unpaired) electrons. The van der Waals surface area contributed by atoms with Gasteiger partial charge in [0.05, 0.1) is 30.3 Å². The van der Waals surface area contributed by atoms with Crippen molar-refractivity contribution in [3.05, 3.63) is 102 Å². The molecule has 0 bridgehead atoms. The second-order valence-corrected chi connectivity index (χ2v) is 8.75. The molecule has 0 unspecified atom stereocenters. The number of aromatic nitrogens is 2. The van der Waals surface area contributed by atoms with Gasteiger partial charge in [-0.05, 0) is 23.3 Å². The van der Waals surface area contributed by atoms with Crippen LogP contribution in [0, 0.1) is 11.3 Å². The van der Waals surface area contributed by atoms with Crippen LogP contribution < -0.4 is 4.90 Å². The van der Waals surface area contributed by atoms with E-state index in [0.717, 1.165) is 18.6 Å². The molecule has 0 saturated carbocycles. The Kier molecular flexibility index (Phi) is 6.87. The topological polar surface area (TPSA) is 82.3 Å². The molecule has 1 saturated heterocycles. The number of anilines is 1. The number of carbonyl (C=O) groups excluding carboxylic acids is 1. The molecule has 4 aromatic rings. The second kappa shape index (κ2) is 10.5. The molecule has 0 aliphatic carbocycles. The van der Waals surface area contributed by atoms with Crippen molar-refractivity contribution < 1.29 is 9.53 Å². The van der Waals surface area contributed by atoms with Gasteiger partial charge in [-0.2, -0.15) is 5.26 Å². The van der Waals surface area contributed by atoms with Gasteiger partial charge in [0.1, 0.15) is 5.69 Å². The summed E-state index contributed by atoms with van der Waals surface area (Å²) in [6.45, 7) is 2.96. The predicted octanol–water partition coefficient (Wildman–Crippen LogP) is 4.32. The Labute approximate surface area is 210 Å². The van der Waals surface area contributed by atoms with E-state index < -0.39 is 11.9 Å². The second-order valence-electron chi connectivity index (χ2n) is 8.75. The fourth-order valence-corrected chi connectivity index (χ4v) is 4.85. The fourth-order valence-electron chi connectivity index (χ4n) is 4.85. The molecule has 1 atom stereocenters. The number of benzene rings is 3. The summed E-state index contributed by atoms with van der Waals surface area (Å²) in [5.74, 6) is -1.20. The van der Waals surface area contributed by atoms with Crippen LogP contribution in [0.15, 0.2) is 84.9 Å². The van der Waals surface area contributed by atoms with Gasteiger partial charge in [-0.1, -0.05) is 72.8 Å². The Balaban J connectivity index is 1.47. The van der Waals surface area contributed by atoms with Gasteiger partial charge in [0.25, 0.3) is 0 Å². The highest BCUT2D eigenvalue weighted by atomic mass is 16.5. The van der Waals surface area contributed by atoms with Crippen LogP contribution >= 0.6 is 0 Å². The predicted molar refractivity (Wildman–Crippen MR) is 138 cm³/mol. The van der Waals surface area contributed by atoms with Gasteiger partial charge in [0.2, 0.25) is 0 Å². The average molecular weight is 478 g/mol. The number of methoxy groups -OCH3 is 1. The van der Waals surface area contributed by atoms with Crippen molar-refractivity contribution in [3.63, 3.8) is 0 Å². The number of ether oxygens (including phenoxy) is 1. The lowest BCUT2D eigenvalue weighted by atomic mass is 9.96. The summed E-state index contributed by atoms with van der Waals surface area (Å²) in [6.07, 6.45) is 0. The number of rotatable bonds is 6. The van der Waals surface area contributed by atoms with Crippen LogP contribution in [0.3, 0.4) is 0 Å². The molecule has 0 amide bonds. The van der Waals surface area contributed by atoms with Crippen LogP contribution in [0.2, 0.25) is 0 Å². The molecule has 7 nitrogen and oxygen atoms in total. The average Bonchev–Trinajstić information content (AvgIpc) is 2.94. The number of nitriles is 1. The summed E-state index contributed by atoms with van der Waals surface area (Å²) in [6, 6.07) is 30.8. The van der Waals surface area contributed by atoms with E-state index in [1.54, 1.807) is 0 Å². The number of carbonyl (C=O) groups is 1. The number of piperazine rings is 1. The third-order valence-electron chi connectivity index (χ3n) is 6.63. The third kappa shape index (κ3) is 4.64. The minimum absolute atomic E-state index is 0.138. The number of hydrogen-bond donors (Lipinski definition) is 0. The van der Waals surface area contributed by atoms with Gasteiger partial charge in [-0.3, -0.25) is 9.69 Å². The van der Waals surface area contributed by atoms with E-state index in [1.807, 2.05) is 36.4 Å². The smallest absolute Gasteiger partial charge is 0.329 e. The first kappa shape index (κ1) is 23.5. The maximum Gasteiger partial charge on any atom is 0.329 e. The lowest BCUT2D eigenvalue weighted by molar-refractivity contribution is -0.141. The van der Waals surface area contributed by atoms with Crippen LogP contribution in [-0.2, 0) is 9.53 Å². The first-order valence-corrected chi connectivity index (χ1v) is 12.0. The van der Waals surface area contributed by atoms with Crippen LogP contribution in [0.4, 0.5) is 5.82 Å². The zero-order valence-electron chi connectivity index (χ0n) is 20.1.